The number of hydrogen-bond donors (Lipinski definition) is 1. The summed E-state index contributed by atoms with van der Waals surface area (Å²) in [7, 11) is 1.88. The van der Waals surface area contributed by atoms with Gasteiger partial charge in [0.25, 0.3) is 5.91 Å². The van der Waals surface area contributed by atoms with E-state index in [4.69, 9.17) is 4.42 Å². The molecule has 1 saturated heterocycles. The van der Waals surface area contributed by atoms with Gasteiger partial charge in [0.15, 0.2) is 0 Å². The number of carbonyl (C=O) groups is 1. The normalized spacial score (nSPS) is 17.5. The number of thiophene rings is 1. The molecule has 1 fully saturated rings. The number of amides is 1. The maximum absolute atomic E-state index is 12.7. The van der Waals surface area contributed by atoms with Crippen molar-refractivity contribution in [3.63, 3.8) is 0 Å². The lowest BCUT2D eigenvalue weighted by molar-refractivity contribution is 0.103. The number of carbonyl (C=O) groups excluding carboxylic acids is 1. The zero-order valence-corrected chi connectivity index (χ0v) is 16.7. The van der Waals surface area contributed by atoms with Gasteiger partial charge in [0.1, 0.15) is 5.76 Å². The molecular weight excluding hydrogens is 360 g/mol. The molecule has 0 aliphatic carbocycles. The van der Waals surface area contributed by atoms with Gasteiger partial charge in [0, 0.05) is 18.0 Å². The van der Waals surface area contributed by atoms with Crippen molar-refractivity contribution in [2.75, 3.05) is 11.9 Å². The summed E-state index contributed by atoms with van der Waals surface area (Å²) in [4.78, 5) is 17.1. The van der Waals surface area contributed by atoms with Crippen LogP contribution < -0.4 is 5.32 Å². The van der Waals surface area contributed by atoms with Gasteiger partial charge >= 0.3 is 0 Å². The van der Waals surface area contributed by atoms with E-state index >= 15 is 0 Å². The number of hydrogen-bond acceptors (Lipinski definition) is 5. The third kappa shape index (κ3) is 3.57. The molecule has 1 N–H and O–H groups in total. The minimum Gasteiger partial charge on any atom is -0.468 e. The van der Waals surface area contributed by atoms with E-state index in [9.17, 15) is 4.79 Å². The van der Waals surface area contributed by atoms with Crippen LogP contribution in [0.1, 0.15) is 50.6 Å². The molecule has 0 saturated carbocycles. The summed E-state index contributed by atoms with van der Waals surface area (Å²) in [6.07, 6.45) is 4.00. The molecule has 3 aromatic rings. The largest absolute Gasteiger partial charge is 0.468 e. The van der Waals surface area contributed by atoms with Crippen LogP contribution in [0.5, 0.6) is 0 Å². The minimum absolute atomic E-state index is 0.0685. The maximum atomic E-state index is 12.7. The molecule has 4 heterocycles. The maximum Gasteiger partial charge on any atom is 0.265 e. The summed E-state index contributed by atoms with van der Waals surface area (Å²) in [5.41, 5.74) is 2.59. The highest BCUT2D eigenvalue weighted by molar-refractivity contribution is 7.14. The van der Waals surface area contributed by atoms with Gasteiger partial charge in [-0.3, -0.25) is 14.4 Å². The second kappa shape index (κ2) is 7.32. The number of rotatable bonds is 5. The molecule has 6 nitrogen and oxygen atoms in total. The Kier molecular flexibility index (Phi) is 4.88. The van der Waals surface area contributed by atoms with E-state index in [1.165, 1.54) is 11.3 Å². The molecule has 0 radical (unpaired) electrons. The predicted octanol–water partition coefficient (Wildman–Crippen LogP) is 4.28. The Labute approximate surface area is 162 Å². The first kappa shape index (κ1) is 18.0. The first-order valence-electron chi connectivity index (χ1n) is 9.20. The number of anilines is 1. The minimum atomic E-state index is -0.0685. The molecular formula is C20H24N4O2S. The molecule has 7 heteroatoms. The molecule has 27 heavy (non-hydrogen) atoms. The monoisotopic (exact) mass is 384 g/mol. The lowest BCUT2D eigenvalue weighted by Crippen LogP contribution is -2.21. The van der Waals surface area contributed by atoms with Crippen LogP contribution in [0.3, 0.4) is 0 Å². The van der Waals surface area contributed by atoms with Crippen molar-refractivity contribution >= 4 is 22.9 Å². The lowest BCUT2D eigenvalue weighted by Gasteiger charge is -2.22. The Balaban J connectivity index is 1.48. The summed E-state index contributed by atoms with van der Waals surface area (Å²) in [5, 5.41) is 7.39. The Hall–Kier alpha value is -2.38. The zero-order valence-electron chi connectivity index (χ0n) is 15.9. The molecule has 1 unspecified atom stereocenters. The summed E-state index contributed by atoms with van der Waals surface area (Å²) in [5.74, 6) is 0.917. The first-order valence-corrected chi connectivity index (χ1v) is 10.0. The van der Waals surface area contributed by atoms with Crippen LogP contribution in [0, 0.1) is 13.8 Å². The second-order valence-electron chi connectivity index (χ2n) is 7.03. The van der Waals surface area contributed by atoms with Crippen LogP contribution in [0.2, 0.25) is 0 Å². The standard InChI is InChI=1S/C20H24N4O2S/c1-13-19(14(2)23(3)22-13)21-20(25)18-9-8-17(27-18)16-7-4-10-24(16)12-15-6-5-11-26-15/h5-6,8-9,11,16H,4,7,10,12H2,1-3H3,(H,21,25). The van der Waals surface area contributed by atoms with Crippen LogP contribution in [0.4, 0.5) is 5.69 Å². The summed E-state index contributed by atoms with van der Waals surface area (Å²) < 4.78 is 7.29. The number of likely N-dealkylation sites (tertiary alicyclic amines) is 1. The van der Waals surface area contributed by atoms with Gasteiger partial charge in [-0.1, -0.05) is 0 Å². The van der Waals surface area contributed by atoms with Crippen LogP contribution in [0.15, 0.2) is 34.9 Å². The topological polar surface area (TPSA) is 63.3 Å². The smallest absolute Gasteiger partial charge is 0.265 e. The summed E-state index contributed by atoms with van der Waals surface area (Å²) >= 11 is 1.58. The van der Waals surface area contributed by atoms with E-state index in [1.807, 2.05) is 39.1 Å². The Morgan fingerprint density at radius 3 is 2.93 bits per heavy atom. The molecule has 0 aromatic carbocycles. The van der Waals surface area contributed by atoms with Crippen molar-refractivity contribution in [2.45, 2.75) is 39.3 Å². The fraction of sp³-hybridized carbons (Fsp3) is 0.400. The fourth-order valence-electron chi connectivity index (χ4n) is 3.72. The van der Waals surface area contributed by atoms with Gasteiger partial charge in [-0.25, -0.2) is 0 Å². The third-order valence-corrected chi connectivity index (χ3v) is 6.41. The van der Waals surface area contributed by atoms with Crippen molar-refractivity contribution in [2.24, 2.45) is 7.05 Å². The SMILES string of the molecule is Cc1nn(C)c(C)c1NC(=O)c1ccc(C2CCCN2Cc2ccco2)s1. The van der Waals surface area contributed by atoms with E-state index in [-0.39, 0.29) is 5.91 Å². The quantitative estimate of drug-likeness (QED) is 0.713. The summed E-state index contributed by atoms with van der Waals surface area (Å²) in [6.45, 7) is 5.73. The molecule has 4 rings (SSSR count). The van der Waals surface area contributed by atoms with E-state index in [0.29, 0.717) is 6.04 Å². The fourth-order valence-corrected chi connectivity index (χ4v) is 4.80. The Bertz CT molecular complexity index is 942. The number of nitrogens with zero attached hydrogens (tertiary/aromatic N) is 3. The van der Waals surface area contributed by atoms with Crippen molar-refractivity contribution < 1.29 is 9.21 Å². The van der Waals surface area contributed by atoms with Gasteiger partial charge in [-0.15, -0.1) is 11.3 Å². The Morgan fingerprint density at radius 2 is 2.22 bits per heavy atom. The molecule has 0 bridgehead atoms. The molecule has 1 aliphatic rings. The van der Waals surface area contributed by atoms with E-state index in [2.05, 4.69) is 21.4 Å². The van der Waals surface area contributed by atoms with Crippen LogP contribution in [-0.4, -0.2) is 27.1 Å². The number of aryl methyl sites for hydroxylation is 2. The number of aromatic nitrogens is 2. The van der Waals surface area contributed by atoms with Gasteiger partial charge in [0.05, 0.1) is 34.8 Å². The third-order valence-electron chi connectivity index (χ3n) is 5.23. The van der Waals surface area contributed by atoms with Gasteiger partial charge in [0.2, 0.25) is 0 Å². The van der Waals surface area contributed by atoms with Crippen molar-refractivity contribution in [1.82, 2.24) is 14.7 Å². The van der Waals surface area contributed by atoms with Crippen LogP contribution in [-0.2, 0) is 13.6 Å². The predicted molar refractivity (Wildman–Crippen MR) is 106 cm³/mol. The van der Waals surface area contributed by atoms with Crippen LogP contribution in [0.25, 0.3) is 0 Å². The van der Waals surface area contributed by atoms with E-state index < -0.39 is 0 Å². The van der Waals surface area contributed by atoms with E-state index in [1.54, 1.807) is 22.3 Å². The Morgan fingerprint density at radius 1 is 1.37 bits per heavy atom. The lowest BCUT2D eigenvalue weighted by atomic mass is 10.2. The second-order valence-corrected chi connectivity index (χ2v) is 8.15. The molecule has 3 aromatic heterocycles. The van der Waals surface area contributed by atoms with Crippen molar-refractivity contribution in [1.29, 1.82) is 0 Å². The van der Waals surface area contributed by atoms with Gasteiger partial charge < -0.3 is 9.73 Å². The average molecular weight is 385 g/mol. The highest BCUT2D eigenvalue weighted by atomic mass is 32.1. The molecule has 1 aliphatic heterocycles. The zero-order chi connectivity index (χ0) is 19.0. The highest BCUT2D eigenvalue weighted by Crippen LogP contribution is 2.37. The van der Waals surface area contributed by atoms with Crippen molar-refractivity contribution in [3.8, 4) is 0 Å². The number of nitrogens with one attached hydrogen (secondary N) is 1. The molecule has 1 atom stereocenters. The molecule has 0 spiro atoms. The molecule has 1 amide bonds. The molecule has 142 valence electrons. The number of furan rings is 1. The van der Waals surface area contributed by atoms with Gasteiger partial charge in [-0.2, -0.15) is 5.10 Å². The summed E-state index contributed by atoms with van der Waals surface area (Å²) in [6, 6.07) is 8.31. The average Bonchev–Trinajstić information content (AvgIpc) is 3.41. The highest BCUT2D eigenvalue weighted by Gasteiger charge is 2.28. The van der Waals surface area contributed by atoms with Gasteiger partial charge in [-0.05, 0) is 57.5 Å². The van der Waals surface area contributed by atoms with Crippen LogP contribution >= 0.6 is 11.3 Å². The van der Waals surface area contributed by atoms with Crippen molar-refractivity contribution in [3.05, 3.63) is 57.4 Å². The first-order chi connectivity index (χ1) is 13.0. The van der Waals surface area contributed by atoms with E-state index in [0.717, 1.165) is 47.2 Å².